The summed E-state index contributed by atoms with van der Waals surface area (Å²) in [6.07, 6.45) is 2.26. The van der Waals surface area contributed by atoms with Gasteiger partial charge in [-0.25, -0.2) is 15.8 Å². The Hall–Kier alpha value is -1.37. The molecule has 0 unspecified atom stereocenters. The molecule has 7 heteroatoms. The number of anilines is 3. The van der Waals surface area contributed by atoms with Gasteiger partial charge in [0.1, 0.15) is 17.5 Å². The van der Waals surface area contributed by atoms with E-state index in [0.29, 0.717) is 16.8 Å². The molecule has 3 rings (SSSR count). The minimum absolute atomic E-state index is 0.441. The van der Waals surface area contributed by atoms with E-state index in [4.69, 9.17) is 17.4 Å². The highest BCUT2D eigenvalue weighted by atomic mass is 79.9. The van der Waals surface area contributed by atoms with Crippen LogP contribution in [0.1, 0.15) is 30.1 Å². The zero-order valence-corrected chi connectivity index (χ0v) is 13.8. The summed E-state index contributed by atoms with van der Waals surface area (Å²) >= 11 is 9.66. The van der Waals surface area contributed by atoms with Crippen LogP contribution in [0, 0.1) is 6.92 Å². The maximum atomic E-state index is 6.22. The van der Waals surface area contributed by atoms with E-state index in [1.807, 2.05) is 25.1 Å². The third kappa shape index (κ3) is 3.12. The first-order chi connectivity index (χ1) is 10.1. The van der Waals surface area contributed by atoms with Gasteiger partial charge in [-0.15, -0.1) is 0 Å². The van der Waals surface area contributed by atoms with Gasteiger partial charge >= 0.3 is 0 Å². The molecule has 1 aliphatic carbocycles. The van der Waals surface area contributed by atoms with E-state index >= 15 is 0 Å². The Morgan fingerprint density at radius 3 is 2.67 bits per heavy atom. The van der Waals surface area contributed by atoms with Crippen molar-refractivity contribution >= 4 is 44.9 Å². The van der Waals surface area contributed by atoms with Crippen molar-refractivity contribution in [1.82, 2.24) is 9.97 Å². The Bertz CT molecular complexity index is 687. The van der Waals surface area contributed by atoms with Crippen molar-refractivity contribution in [1.29, 1.82) is 0 Å². The first-order valence-corrected chi connectivity index (χ1v) is 7.83. The van der Waals surface area contributed by atoms with E-state index in [9.17, 15) is 0 Å². The summed E-state index contributed by atoms with van der Waals surface area (Å²) in [5.74, 6) is 8.18. The van der Waals surface area contributed by atoms with Crippen LogP contribution in [-0.2, 0) is 0 Å². The second kappa shape index (κ2) is 5.79. The number of nitrogens with zero attached hydrogens (tertiary/aromatic N) is 2. The first-order valence-electron chi connectivity index (χ1n) is 6.65. The molecular weight excluding hydrogens is 354 g/mol. The van der Waals surface area contributed by atoms with Gasteiger partial charge in [0.15, 0.2) is 0 Å². The number of hydrogen-bond acceptors (Lipinski definition) is 5. The third-order valence-corrected chi connectivity index (χ3v) is 4.25. The number of nitrogens with one attached hydrogen (secondary N) is 2. The molecule has 110 valence electrons. The highest BCUT2D eigenvalue weighted by Crippen LogP contribution is 2.40. The molecule has 0 amide bonds. The summed E-state index contributed by atoms with van der Waals surface area (Å²) in [6.45, 7) is 1.92. The second-order valence-corrected chi connectivity index (χ2v) is 6.39. The standard InChI is InChI=1S/C14H15BrClN5/c1-7-12(18-11-6-9(15)4-5-10(11)16)19-14(8-2-3-8)20-13(7)21-17/h4-6,8H,2-3,17H2,1H3,(H2,18,19,20,21). The van der Waals surface area contributed by atoms with E-state index in [0.717, 1.165) is 40.2 Å². The maximum absolute atomic E-state index is 6.22. The summed E-state index contributed by atoms with van der Waals surface area (Å²) in [5.41, 5.74) is 4.29. The molecule has 0 saturated heterocycles. The van der Waals surface area contributed by atoms with Gasteiger partial charge in [-0.3, -0.25) is 0 Å². The fourth-order valence-electron chi connectivity index (χ4n) is 2.04. The summed E-state index contributed by atoms with van der Waals surface area (Å²) in [5, 5.41) is 3.90. The largest absolute Gasteiger partial charge is 0.339 e. The van der Waals surface area contributed by atoms with Crippen molar-refractivity contribution in [3.05, 3.63) is 39.1 Å². The number of benzene rings is 1. The lowest BCUT2D eigenvalue weighted by Crippen LogP contribution is -2.14. The second-order valence-electron chi connectivity index (χ2n) is 5.07. The third-order valence-electron chi connectivity index (χ3n) is 3.42. The van der Waals surface area contributed by atoms with Crippen LogP contribution in [0.5, 0.6) is 0 Å². The molecule has 0 spiro atoms. The van der Waals surface area contributed by atoms with Crippen LogP contribution in [0.2, 0.25) is 5.02 Å². The van der Waals surface area contributed by atoms with Crippen molar-refractivity contribution in [2.24, 2.45) is 5.84 Å². The fourth-order valence-corrected chi connectivity index (χ4v) is 2.57. The fraction of sp³-hybridized carbons (Fsp3) is 0.286. The molecule has 1 heterocycles. The molecule has 4 N–H and O–H groups in total. The lowest BCUT2D eigenvalue weighted by molar-refractivity contribution is 0.920. The Morgan fingerprint density at radius 1 is 1.29 bits per heavy atom. The Balaban J connectivity index is 2.00. The maximum Gasteiger partial charge on any atom is 0.148 e. The highest BCUT2D eigenvalue weighted by molar-refractivity contribution is 9.10. The number of nitrogen functional groups attached to an aromatic ring is 1. The van der Waals surface area contributed by atoms with Crippen molar-refractivity contribution in [2.75, 3.05) is 10.7 Å². The molecular formula is C14H15BrClN5. The minimum atomic E-state index is 0.441. The quantitative estimate of drug-likeness (QED) is 0.559. The molecule has 2 aromatic rings. The van der Waals surface area contributed by atoms with Gasteiger partial charge in [-0.05, 0) is 38.0 Å². The lowest BCUT2D eigenvalue weighted by Gasteiger charge is -2.14. The smallest absolute Gasteiger partial charge is 0.148 e. The number of aromatic nitrogens is 2. The predicted octanol–water partition coefficient (Wildman–Crippen LogP) is 4.11. The van der Waals surface area contributed by atoms with Crippen molar-refractivity contribution in [3.63, 3.8) is 0 Å². The molecule has 1 aromatic heterocycles. The average molecular weight is 369 g/mol. The van der Waals surface area contributed by atoms with Gasteiger partial charge in [0.2, 0.25) is 0 Å². The summed E-state index contributed by atoms with van der Waals surface area (Å²) < 4.78 is 0.945. The highest BCUT2D eigenvalue weighted by Gasteiger charge is 2.28. The van der Waals surface area contributed by atoms with Gasteiger partial charge in [-0.1, -0.05) is 27.5 Å². The van der Waals surface area contributed by atoms with Crippen LogP contribution in [0.25, 0.3) is 0 Å². The van der Waals surface area contributed by atoms with Crippen LogP contribution >= 0.6 is 27.5 Å². The molecule has 0 bridgehead atoms. The molecule has 1 aromatic carbocycles. The number of nitrogens with two attached hydrogens (primary N) is 1. The Morgan fingerprint density at radius 2 is 2.00 bits per heavy atom. The zero-order valence-electron chi connectivity index (χ0n) is 11.5. The van der Waals surface area contributed by atoms with E-state index < -0.39 is 0 Å². The minimum Gasteiger partial charge on any atom is -0.339 e. The molecule has 0 aliphatic heterocycles. The number of hydrogen-bond donors (Lipinski definition) is 3. The summed E-state index contributed by atoms with van der Waals surface area (Å²) in [4.78, 5) is 9.08. The summed E-state index contributed by atoms with van der Waals surface area (Å²) in [6, 6.07) is 5.63. The van der Waals surface area contributed by atoms with Gasteiger partial charge in [0.05, 0.1) is 10.7 Å². The lowest BCUT2D eigenvalue weighted by atomic mass is 10.2. The van der Waals surface area contributed by atoms with E-state index in [-0.39, 0.29) is 0 Å². The van der Waals surface area contributed by atoms with E-state index in [2.05, 4.69) is 36.6 Å². The Labute approximate surface area is 136 Å². The van der Waals surface area contributed by atoms with Gasteiger partial charge in [-0.2, -0.15) is 0 Å². The van der Waals surface area contributed by atoms with Crippen molar-refractivity contribution in [2.45, 2.75) is 25.7 Å². The van der Waals surface area contributed by atoms with Crippen LogP contribution in [0.3, 0.4) is 0 Å². The number of rotatable bonds is 4. The van der Waals surface area contributed by atoms with E-state index in [1.54, 1.807) is 0 Å². The summed E-state index contributed by atoms with van der Waals surface area (Å²) in [7, 11) is 0. The molecule has 1 fully saturated rings. The number of hydrazine groups is 1. The van der Waals surface area contributed by atoms with Crippen molar-refractivity contribution in [3.8, 4) is 0 Å². The first kappa shape index (κ1) is 14.6. The topological polar surface area (TPSA) is 75.9 Å². The molecule has 21 heavy (non-hydrogen) atoms. The molecule has 1 saturated carbocycles. The normalized spacial score (nSPS) is 14.1. The van der Waals surface area contributed by atoms with Crippen LogP contribution < -0.4 is 16.6 Å². The van der Waals surface area contributed by atoms with Crippen LogP contribution in [-0.4, -0.2) is 9.97 Å². The molecule has 5 nitrogen and oxygen atoms in total. The zero-order chi connectivity index (χ0) is 15.0. The molecule has 1 aliphatic rings. The van der Waals surface area contributed by atoms with Gasteiger partial charge in [0.25, 0.3) is 0 Å². The van der Waals surface area contributed by atoms with Crippen LogP contribution in [0.15, 0.2) is 22.7 Å². The number of halogens is 2. The average Bonchev–Trinajstić information content (AvgIpc) is 3.29. The van der Waals surface area contributed by atoms with Gasteiger partial charge in [0, 0.05) is 16.0 Å². The predicted molar refractivity (Wildman–Crippen MR) is 89.0 cm³/mol. The Kier molecular flexibility index (Phi) is 4.01. The van der Waals surface area contributed by atoms with Gasteiger partial charge < -0.3 is 10.7 Å². The van der Waals surface area contributed by atoms with E-state index in [1.165, 1.54) is 0 Å². The van der Waals surface area contributed by atoms with Crippen LogP contribution in [0.4, 0.5) is 17.3 Å². The van der Waals surface area contributed by atoms with Crippen molar-refractivity contribution < 1.29 is 0 Å². The molecule has 0 atom stereocenters. The molecule has 0 radical (unpaired) electrons. The monoisotopic (exact) mass is 367 g/mol. The SMILES string of the molecule is Cc1c(NN)nc(C2CC2)nc1Nc1cc(Br)ccc1Cl.